The number of nitriles is 1. The molecule has 2 aromatic rings. The lowest BCUT2D eigenvalue weighted by atomic mass is 10.1. The summed E-state index contributed by atoms with van der Waals surface area (Å²) in [6, 6.07) is 9.77. The summed E-state index contributed by atoms with van der Waals surface area (Å²) in [5.41, 5.74) is 1.99. The SMILES string of the molecule is CCCOc1ccccc1-n1nnc(C#N)c1C(C)C. The maximum Gasteiger partial charge on any atom is 0.186 e. The van der Waals surface area contributed by atoms with Gasteiger partial charge in [0.1, 0.15) is 17.5 Å². The van der Waals surface area contributed by atoms with Gasteiger partial charge in [-0.3, -0.25) is 0 Å². The number of rotatable bonds is 5. The zero-order valence-electron chi connectivity index (χ0n) is 12.0. The molecule has 0 aliphatic carbocycles. The van der Waals surface area contributed by atoms with Crippen LogP contribution in [0.15, 0.2) is 24.3 Å². The topological polar surface area (TPSA) is 63.7 Å². The Bertz CT molecular complexity index is 625. The van der Waals surface area contributed by atoms with Gasteiger partial charge in [-0.2, -0.15) is 5.26 Å². The first-order chi connectivity index (χ1) is 9.69. The molecule has 0 unspecified atom stereocenters. The minimum atomic E-state index is 0.152. The highest BCUT2D eigenvalue weighted by atomic mass is 16.5. The van der Waals surface area contributed by atoms with Crippen molar-refractivity contribution in [2.75, 3.05) is 6.61 Å². The summed E-state index contributed by atoms with van der Waals surface area (Å²) >= 11 is 0. The Kier molecular flexibility index (Phi) is 4.36. The monoisotopic (exact) mass is 270 g/mol. The molecule has 0 bridgehead atoms. The summed E-state index contributed by atoms with van der Waals surface area (Å²) < 4.78 is 7.45. The predicted octanol–water partition coefficient (Wildman–Crippen LogP) is 3.05. The van der Waals surface area contributed by atoms with E-state index in [0.29, 0.717) is 12.3 Å². The van der Waals surface area contributed by atoms with Crippen molar-refractivity contribution >= 4 is 0 Å². The van der Waals surface area contributed by atoms with Gasteiger partial charge in [-0.25, -0.2) is 4.68 Å². The number of hydrogen-bond acceptors (Lipinski definition) is 4. The Morgan fingerprint density at radius 1 is 1.35 bits per heavy atom. The van der Waals surface area contributed by atoms with Crippen molar-refractivity contribution in [1.82, 2.24) is 15.0 Å². The first-order valence-electron chi connectivity index (χ1n) is 6.77. The molecule has 5 nitrogen and oxygen atoms in total. The molecule has 0 amide bonds. The number of benzene rings is 1. The average Bonchev–Trinajstić information content (AvgIpc) is 2.89. The van der Waals surface area contributed by atoms with Crippen molar-refractivity contribution in [2.45, 2.75) is 33.1 Å². The second-order valence-corrected chi connectivity index (χ2v) is 4.82. The number of hydrogen-bond donors (Lipinski definition) is 0. The van der Waals surface area contributed by atoms with E-state index in [1.54, 1.807) is 4.68 Å². The summed E-state index contributed by atoms with van der Waals surface area (Å²) in [4.78, 5) is 0. The number of aromatic nitrogens is 3. The van der Waals surface area contributed by atoms with Crippen LogP contribution in [0.1, 0.15) is 44.5 Å². The predicted molar refractivity (Wildman–Crippen MR) is 75.9 cm³/mol. The van der Waals surface area contributed by atoms with E-state index in [1.807, 2.05) is 38.1 Å². The lowest BCUT2D eigenvalue weighted by Crippen LogP contribution is -2.07. The fourth-order valence-corrected chi connectivity index (χ4v) is 2.03. The molecule has 1 aromatic heterocycles. The van der Waals surface area contributed by atoms with Crippen LogP contribution in [-0.4, -0.2) is 21.6 Å². The van der Waals surface area contributed by atoms with Crippen molar-refractivity contribution in [1.29, 1.82) is 5.26 Å². The number of ether oxygens (including phenoxy) is 1. The molecular formula is C15H18N4O. The highest BCUT2D eigenvalue weighted by molar-refractivity contribution is 5.48. The molecule has 1 heterocycles. The maximum atomic E-state index is 9.14. The largest absolute Gasteiger partial charge is 0.491 e. The van der Waals surface area contributed by atoms with Crippen molar-refractivity contribution in [3.63, 3.8) is 0 Å². The third-order valence-electron chi connectivity index (χ3n) is 2.91. The molecule has 0 N–H and O–H groups in total. The summed E-state index contributed by atoms with van der Waals surface area (Å²) in [7, 11) is 0. The Morgan fingerprint density at radius 2 is 2.10 bits per heavy atom. The third-order valence-corrected chi connectivity index (χ3v) is 2.91. The second-order valence-electron chi connectivity index (χ2n) is 4.82. The van der Waals surface area contributed by atoms with E-state index in [0.717, 1.165) is 23.6 Å². The fourth-order valence-electron chi connectivity index (χ4n) is 2.03. The van der Waals surface area contributed by atoms with Crippen LogP contribution in [0.3, 0.4) is 0 Å². The Morgan fingerprint density at radius 3 is 2.75 bits per heavy atom. The van der Waals surface area contributed by atoms with Crippen LogP contribution < -0.4 is 4.74 Å². The first-order valence-corrected chi connectivity index (χ1v) is 6.77. The molecule has 0 saturated carbocycles. The van der Waals surface area contributed by atoms with E-state index >= 15 is 0 Å². The first kappa shape index (κ1) is 14.1. The lowest BCUT2D eigenvalue weighted by Gasteiger charge is -2.13. The minimum Gasteiger partial charge on any atom is -0.491 e. The van der Waals surface area contributed by atoms with Gasteiger partial charge < -0.3 is 4.74 Å². The molecule has 0 radical (unpaired) electrons. The molecule has 5 heteroatoms. The van der Waals surface area contributed by atoms with E-state index in [1.165, 1.54) is 0 Å². The van der Waals surface area contributed by atoms with Gasteiger partial charge in [0.2, 0.25) is 0 Å². The molecule has 0 aliphatic rings. The van der Waals surface area contributed by atoms with Gasteiger partial charge in [-0.05, 0) is 24.5 Å². The van der Waals surface area contributed by atoms with Gasteiger partial charge in [0, 0.05) is 0 Å². The molecular weight excluding hydrogens is 252 g/mol. The van der Waals surface area contributed by atoms with Crippen LogP contribution in [0.2, 0.25) is 0 Å². The summed E-state index contributed by atoms with van der Waals surface area (Å²) in [6.07, 6.45) is 0.937. The number of nitrogens with zero attached hydrogens (tertiary/aromatic N) is 4. The van der Waals surface area contributed by atoms with E-state index in [4.69, 9.17) is 10.00 Å². The fraction of sp³-hybridized carbons (Fsp3) is 0.400. The quantitative estimate of drug-likeness (QED) is 0.837. The summed E-state index contributed by atoms with van der Waals surface area (Å²) in [6.45, 7) is 6.75. The van der Waals surface area contributed by atoms with Crippen LogP contribution in [0.25, 0.3) is 5.69 Å². The molecule has 2 rings (SSSR count). The van der Waals surface area contributed by atoms with Gasteiger partial charge in [0.05, 0.1) is 12.3 Å². The summed E-state index contributed by atoms with van der Waals surface area (Å²) in [5.74, 6) is 0.907. The van der Waals surface area contributed by atoms with E-state index < -0.39 is 0 Å². The van der Waals surface area contributed by atoms with E-state index in [9.17, 15) is 0 Å². The standard InChI is InChI=1S/C15H18N4O/c1-4-9-20-14-8-6-5-7-13(14)19-15(11(2)3)12(10-16)17-18-19/h5-8,11H,4,9H2,1-3H3. The maximum absolute atomic E-state index is 9.14. The molecule has 0 atom stereocenters. The van der Waals surface area contributed by atoms with E-state index in [2.05, 4.69) is 23.3 Å². The molecule has 0 saturated heterocycles. The third kappa shape index (κ3) is 2.64. The zero-order valence-corrected chi connectivity index (χ0v) is 12.0. The Hall–Kier alpha value is -2.35. The average molecular weight is 270 g/mol. The zero-order chi connectivity index (χ0) is 14.5. The number of para-hydroxylation sites is 2. The smallest absolute Gasteiger partial charge is 0.186 e. The van der Waals surface area contributed by atoms with Gasteiger partial charge in [0.25, 0.3) is 0 Å². The van der Waals surface area contributed by atoms with Crippen LogP contribution in [0.4, 0.5) is 0 Å². The van der Waals surface area contributed by atoms with Gasteiger partial charge in [0.15, 0.2) is 5.69 Å². The van der Waals surface area contributed by atoms with Crippen LogP contribution in [0, 0.1) is 11.3 Å². The molecule has 104 valence electrons. The Labute approximate surface area is 118 Å². The van der Waals surface area contributed by atoms with Crippen molar-refractivity contribution in [3.8, 4) is 17.5 Å². The Balaban J connectivity index is 2.52. The molecule has 20 heavy (non-hydrogen) atoms. The highest BCUT2D eigenvalue weighted by Crippen LogP contribution is 2.27. The van der Waals surface area contributed by atoms with Gasteiger partial charge >= 0.3 is 0 Å². The minimum absolute atomic E-state index is 0.152. The second kappa shape index (κ2) is 6.20. The lowest BCUT2D eigenvalue weighted by molar-refractivity contribution is 0.315. The molecule has 0 spiro atoms. The highest BCUT2D eigenvalue weighted by Gasteiger charge is 2.19. The molecule has 1 aromatic carbocycles. The van der Waals surface area contributed by atoms with E-state index in [-0.39, 0.29) is 5.92 Å². The van der Waals surface area contributed by atoms with Crippen LogP contribution in [-0.2, 0) is 0 Å². The van der Waals surface area contributed by atoms with Crippen LogP contribution in [0.5, 0.6) is 5.75 Å². The van der Waals surface area contributed by atoms with Crippen LogP contribution >= 0.6 is 0 Å². The molecule has 0 fully saturated rings. The van der Waals surface area contributed by atoms with Gasteiger partial charge in [-0.1, -0.05) is 38.1 Å². The van der Waals surface area contributed by atoms with Gasteiger partial charge in [-0.15, -0.1) is 5.10 Å². The van der Waals surface area contributed by atoms with Crippen molar-refractivity contribution in [2.24, 2.45) is 0 Å². The van der Waals surface area contributed by atoms with Crippen molar-refractivity contribution in [3.05, 3.63) is 35.7 Å². The molecule has 0 aliphatic heterocycles. The normalized spacial score (nSPS) is 10.6. The van der Waals surface area contributed by atoms with Crippen molar-refractivity contribution < 1.29 is 4.74 Å². The summed E-state index contributed by atoms with van der Waals surface area (Å²) in [5, 5.41) is 17.2.